The van der Waals surface area contributed by atoms with Crippen LogP contribution in [-0.4, -0.2) is 24.5 Å². The number of Topliss-reactive ketones (excluding diaryl/α,β-unsaturated/α-hetero) is 1. The molecule has 0 aromatic heterocycles. The fourth-order valence-corrected chi connectivity index (χ4v) is 0.919. The van der Waals surface area contributed by atoms with Gasteiger partial charge in [0.2, 0.25) is 0 Å². The van der Waals surface area contributed by atoms with Crippen molar-refractivity contribution in [2.75, 3.05) is 6.61 Å². The molecule has 0 N–H and O–H groups in total. The lowest BCUT2D eigenvalue weighted by Gasteiger charge is -2.08. The van der Waals surface area contributed by atoms with E-state index in [-0.39, 0.29) is 13.0 Å². The van der Waals surface area contributed by atoms with Gasteiger partial charge in [-0.1, -0.05) is 19.4 Å². The Labute approximate surface area is 91.3 Å². The standard InChI is InChI=1S/C10H13F3O3/c1-3-5-6-7(9(15)16-4-2)8(14)10(11,12)13/h6H,3-5H2,1-2H3/b7-6-. The van der Waals surface area contributed by atoms with Crippen LogP contribution in [0, 0.1) is 0 Å². The van der Waals surface area contributed by atoms with Crippen molar-refractivity contribution in [3.8, 4) is 0 Å². The molecule has 0 radical (unpaired) electrons. The molecule has 0 atom stereocenters. The van der Waals surface area contributed by atoms with Crippen LogP contribution in [0.4, 0.5) is 13.2 Å². The topological polar surface area (TPSA) is 43.4 Å². The summed E-state index contributed by atoms with van der Waals surface area (Å²) in [6.45, 7) is 3.10. The van der Waals surface area contributed by atoms with Crippen LogP contribution in [0.1, 0.15) is 26.7 Å². The number of rotatable bonds is 5. The molecule has 0 bridgehead atoms. The lowest BCUT2D eigenvalue weighted by Crippen LogP contribution is -2.29. The average molecular weight is 238 g/mol. The Bertz CT molecular complexity index is 292. The number of hydrogen-bond donors (Lipinski definition) is 0. The van der Waals surface area contributed by atoms with Crippen LogP contribution in [0.15, 0.2) is 11.6 Å². The number of esters is 1. The molecule has 0 aromatic carbocycles. The van der Waals surface area contributed by atoms with Crippen molar-refractivity contribution in [1.29, 1.82) is 0 Å². The van der Waals surface area contributed by atoms with Crippen molar-refractivity contribution in [3.05, 3.63) is 11.6 Å². The number of unbranched alkanes of at least 4 members (excludes halogenated alkanes) is 1. The third-order valence-electron chi connectivity index (χ3n) is 1.63. The molecule has 3 nitrogen and oxygen atoms in total. The van der Waals surface area contributed by atoms with E-state index in [1.165, 1.54) is 6.92 Å². The molecule has 0 saturated heterocycles. The second kappa shape index (κ2) is 6.30. The Morgan fingerprint density at radius 2 is 1.81 bits per heavy atom. The molecule has 0 aromatic rings. The van der Waals surface area contributed by atoms with Gasteiger partial charge in [0, 0.05) is 0 Å². The molecule has 0 saturated carbocycles. The molecule has 16 heavy (non-hydrogen) atoms. The highest BCUT2D eigenvalue weighted by Crippen LogP contribution is 2.22. The predicted octanol–water partition coefficient (Wildman–Crippen LogP) is 2.41. The Morgan fingerprint density at radius 1 is 1.25 bits per heavy atom. The molecule has 0 aliphatic rings. The molecular formula is C10H13F3O3. The SMILES string of the molecule is CCC/C=C(\C(=O)OCC)C(=O)C(F)(F)F. The fourth-order valence-electron chi connectivity index (χ4n) is 0.919. The Balaban J connectivity index is 4.96. The summed E-state index contributed by atoms with van der Waals surface area (Å²) in [5.74, 6) is -3.38. The van der Waals surface area contributed by atoms with Gasteiger partial charge in [-0.25, -0.2) is 4.79 Å². The number of carbonyl (C=O) groups is 2. The molecule has 0 fully saturated rings. The lowest BCUT2D eigenvalue weighted by molar-refractivity contribution is -0.168. The molecule has 0 heterocycles. The number of hydrogen-bond acceptors (Lipinski definition) is 3. The zero-order chi connectivity index (χ0) is 12.8. The minimum atomic E-state index is -5.05. The van der Waals surface area contributed by atoms with Gasteiger partial charge in [0.25, 0.3) is 5.78 Å². The zero-order valence-corrected chi connectivity index (χ0v) is 9.06. The van der Waals surface area contributed by atoms with Crippen molar-refractivity contribution in [3.63, 3.8) is 0 Å². The van der Waals surface area contributed by atoms with Crippen LogP contribution in [0.25, 0.3) is 0 Å². The minimum absolute atomic E-state index is 0.0760. The number of ketones is 1. The van der Waals surface area contributed by atoms with Crippen LogP contribution < -0.4 is 0 Å². The van der Waals surface area contributed by atoms with E-state index in [0.717, 1.165) is 6.08 Å². The molecule has 0 aliphatic carbocycles. The van der Waals surface area contributed by atoms with Crippen molar-refractivity contribution in [2.45, 2.75) is 32.9 Å². The first-order valence-electron chi connectivity index (χ1n) is 4.83. The summed E-state index contributed by atoms with van der Waals surface area (Å²) in [6.07, 6.45) is -3.33. The van der Waals surface area contributed by atoms with Crippen LogP contribution in [-0.2, 0) is 14.3 Å². The zero-order valence-electron chi connectivity index (χ0n) is 9.06. The monoisotopic (exact) mass is 238 g/mol. The summed E-state index contributed by atoms with van der Waals surface area (Å²) < 4.78 is 40.8. The summed E-state index contributed by atoms with van der Waals surface area (Å²) in [5, 5.41) is 0. The van der Waals surface area contributed by atoms with Gasteiger partial charge in [-0.05, 0) is 13.3 Å². The quantitative estimate of drug-likeness (QED) is 0.320. The van der Waals surface area contributed by atoms with E-state index >= 15 is 0 Å². The normalized spacial score (nSPS) is 12.4. The highest BCUT2D eigenvalue weighted by molar-refractivity contribution is 6.19. The van der Waals surface area contributed by atoms with Crippen LogP contribution in [0.3, 0.4) is 0 Å². The minimum Gasteiger partial charge on any atom is -0.462 e. The van der Waals surface area contributed by atoms with Gasteiger partial charge >= 0.3 is 12.1 Å². The molecule has 0 amide bonds. The van der Waals surface area contributed by atoms with E-state index in [9.17, 15) is 22.8 Å². The summed E-state index contributed by atoms with van der Waals surface area (Å²) in [7, 11) is 0. The van der Waals surface area contributed by atoms with E-state index in [1.807, 2.05) is 0 Å². The molecule has 0 spiro atoms. The van der Waals surface area contributed by atoms with Gasteiger partial charge in [0.15, 0.2) is 0 Å². The second-order valence-corrected chi connectivity index (χ2v) is 2.95. The first-order valence-corrected chi connectivity index (χ1v) is 4.83. The fraction of sp³-hybridized carbons (Fsp3) is 0.600. The molecule has 0 aliphatic heterocycles. The van der Waals surface area contributed by atoms with Gasteiger partial charge in [-0.2, -0.15) is 13.2 Å². The first kappa shape index (κ1) is 14.7. The molecule has 0 rings (SSSR count). The smallest absolute Gasteiger partial charge is 0.455 e. The largest absolute Gasteiger partial charge is 0.462 e. The maximum absolute atomic E-state index is 12.1. The van der Waals surface area contributed by atoms with E-state index in [1.54, 1.807) is 6.92 Å². The van der Waals surface area contributed by atoms with Crippen LogP contribution in [0.2, 0.25) is 0 Å². The molecular weight excluding hydrogens is 225 g/mol. The molecule has 6 heteroatoms. The van der Waals surface area contributed by atoms with Gasteiger partial charge in [0.05, 0.1) is 6.61 Å². The van der Waals surface area contributed by atoms with Crippen molar-refractivity contribution in [1.82, 2.24) is 0 Å². The number of ether oxygens (including phenoxy) is 1. The number of carbonyl (C=O) groups excluding carboxylic acids is 2. The maximum atomic E-state index is 12.1. The highest BCUT2D eigenvalue weighted by atomic mass is 19.4. The first-order chi connectivity index (χ1) is 7.34. The predicted molar refractivity (Wildman–Crippen MR) is 50.7 cm³/mol. The van der Waals surface area contributed by atoms with Crippen LogP contribution in [0.5, 0.6) is 0 Å². The number of allylic oxidation sites excluding steroid dienone is 1. The van der Waals surface area contributed by atoms with E-state index in [2.05, 4.69) is 4.74 Å². The third-order valence-corrected chi connectivity index (χ3v) is 1.63. The van der Waals surface area contributed by atoms with Gasteiger partial charge in [-0.3, -0.25) is 4.79 Å². The molecule has 92 valence electrons. The van der Waals surface area contributed by atoms with E-state index in [0.29, 0.717) is 6.42 Å². The number of alkyl halides is 3. The summed E-state index contributed by atoms with van der Waals surface area (Å²) in [5.41, 5.74) is -0.934. The van der Waals surface area contributed by atoms with Crippen molar-refractivity contribution >= 4 is 11.8 Å². The lowest BCUT2D eigenvalue weighted by atomic mass is 10.1. The molecule has 0 unspecified atom stereocenters. The van der Waals surface area contributed by atoms with Crippen LogP contribution >= 0.6 is 0 Å². The third kappa shape index (κ3) is 4.46. The highest BCUT2D eigenvalue weighted by Gasteiger charge is 2.43. The summed E-state index contributed by atoms with van der Waals surface area (Å²) in [4.78, 5) is 22.0. The Hall–Kier alpha value is -1.33. The Morgan fingerprint density at radius 3 is 2.19 bits per heavy atom. The summed E-state index contributed by atoms with van der Waals surface area (Å²) in [6, 6.07) is 0. The van der Waals surface area contributed by atoms with Crippen molar-refractivity contribution in [2.24, 2.45) is 0 Å². The number of halogens is 3. The Kier molecular flexibility index (Phi) is 5.77. The second-order valence-electron chi connectivity index (χ2n) is 2.95. The van der Waals surface area contributed by atoms with Gasteiger partial charge in [0.1, 0.15) is 5.57 Å². The van der Waals surface area contributed by atoms with E-state index in [4.69, 9.17) is 0 Å². The van der Waals surface area contributed by atoms with Gasteiger partial charge in [-0.15, -0.1) is 0 Å². The van der Waals surface area contributed by atoms with E-state index < -0.39 is 23.5 Å². The maximum Gasteiger partial charge on any atom is 0.455 e. The average Bonchev–Trinajstić information content (AvgIpc) is 2.17. The van der Waals surface area contributed by atoms with Gasteiger partial charge < -0.3 is 4.74 Å². The summed E-state index contributed by atoms with van der Waals surface area (Å²) >= 11 is 0. The van der Waals surface area contributed by atoms with Crippen molar-refractivity contribution < 1.29 is 27.5 Å².